The third-order valence-electron chi connectivity index (χ3n) is 3.83. The van der Waals surface area contributed by atoms with Gasteiger partial charge in [0.25, 0.3) is 0 Å². The molecular formula is C17H25ClN2O2S. The Morgan fingerprint density at radius 2 is 2.26 bits per heavy atom. The lowest BCUT2D eigenvalue weighted by Crippen LogP contribution is -2.23. The summed E-state index contributed by atoms with van der Waals surface area (Å²) in [7, 11) is 3.64. The summed E-state index contributed by atoms with van der Waals surface area (Å²) in [6, 6.07) is 4.59. The highest BCUT2D eigenvalue weighted by molar-refractivity contribution is 7.99. The van der Waals surface area contributed by atoms with Crippen molar-refractivity contribution >= 4 is 29.8 Å². The Morgan fingerprint density at radius 3 is 2.87 bits per heavy atom. The summed E-state index contributed by atoms with van der Waals surface area (Å²) in [4.78, 5) is 14.3. The lowest BCUT2D eigenvalue weighted by atomic mass is 10.1. The number of carbonyl (C=O) groups excluding carboxylic acids is 1. The number of amides is 1. The van der Waals surface area contributed by atoms with Crippen LogP contribution in [-0.2, 0) is 22.6 Å². The Hall–Kier alpha value is -0.750. The predicted octanol–water partition coefficient (Wildman–Crippen LogP) is 3.31. The van der Waals surface area contributed by atoms with Crippen LogP contribution in [0.1, 0.15) is 30.4 Å². The molecule has 1 aromatic carbocycles. The Labute approximate surface area is 147 Å². The van der Waals surface area contributed by atoms with Gasteiger partial charge in [-0.1, -0.05) is 11.6 Å². The highest BCUT2D eigenvalue weighted by Crippen LogP contribution is 2.33. The molecule has 0 saturated heterocycles. The van der Waals surface area contributed by atoms with Gasteiger partial charge in [-0.3, -0.25) is 4.79 Å². The van der Waals surface area contributed by atoms with Gasteiger partial charge >= 0.3 is 0 Å². The number of nitrogens with one attached hydrogen (secondary N) is 1. The fourth-order valence-electron chi connectivity index (χ4n) is 2.49. The monoisotopic (exact) mass is 356 g/mol. The Bertz CT molecular complexity index is 524. The van der Waals surface area contributed by atoms with Gasteiger partial charge in [0.2, 0.25) is 6.41 Å². The molecule has 0 heterocycles. The molecule has 1 N–H and O–H groups in total. The minimum atomic E-state index is 0.418. The molecule has 1 aromatic rings. The normalized spacial score (nSPS) is 14.0. The van der Waals surface area contributed by atoms with Crippen molar-refractivity contribution in [2.45, 2.75) is 43.3 Å². The molecule has 128 valence electrons. The first-order valence-electron chi connectivity index (χ1n) is 7.98. The quantitative estimate of drug-likeness (QED) is 0.375. The van der Waals surface area contributed by atoms with Crippen LogP contribution in [0, 0.1) is 0 Å². The molecule has 1 amide bonds. The first-order chi connectivity index (χ1) is 11.2. The Morgan fingerprint density at radius 1 is 1.48 bits per heavy atom. The molecule has 23 heavy (non-hydrogen) atoms. The summed E-state index contributed by atoms with van der Waals surface area (Å²) in [6.07, 6.45) is 4.19. The number of hydrogen-bond acceptors (Lipinski definition) is 4. The summed E-state index contributed by atoms with van der Waals surface area (Å²) < 4.78 is 5.11. The van der Waals surface area contributed by atoms with Crippen molar-refractivity contribution in [1.29, 1.82) is 0 Å². The van der Waals surface area contributed by atoms with E-state index in [1.807, 2.05) is 18.0 Å². The van der Waals surface area contributed by atoms with Gasteiger partial charge in [0.1, 0.15) is 0 Å². The van der Waals surface area contributed by atoms with Gasteiger partial charge in [0.15, 0.2) is 0 Å². The molecule has 0 aliphatic heterocycles. The first-order valence-corrected chi connectivity index (χ1v) is 9.34. The maximum Gasteiger partial charge on any atom is 0.210 e. The minimum Gasteiger partial charge on any atom is -0.385 e. The SMILES string of the molecule is CNCc1c(Cl)cc(CN(C=O)C2CC2)cc1SCCCOC. The third kappa shape index (κ3) is 5.68. The van der Waals surface area contributed by atoms with Crippen LogP contribution < -0.4 is 5.32 Å². The average Bonchev–Trinajstić information content (AvgIpc) is 3.37. The maximum atomic E-state index is 11.2. The number of halogens is 1. The summed E-state index contributed by atoms with van der Waals surface area (Å²) >= 11 is 8.29. The molecule has 1 aliphatic rings. The highest BCUT2D eigenvalue weighted by Gasteiger charge is 2.28. The fourth-order valence-corrected chi connectivity index (χ4v) is 3.93. The number of carbonyl (C=O) groups is 1. The van der Waals surface area contributed by atoms with Crippen molar-refractivity contribution in [3.63, 3.8) is 0 Å². The van der Waals surface area contributed by atoms with E-state index < -0.39 is 0 Å². The standard InChI is InChI=1S/C17H25ClN2O2S/c1-19-10-15-16(18)8-13(11-20(12-21)14-4-5-14)9-17(15)23-7-3-6-22-2/h8-9,12,14,19H,3-7,10-11H2,1-2H3. The lowest BCUT2D eigenvalue weighted by molar-refractivity contribution is -0.119. The van der Waals surface area contributed by atoms with Gasteiger partial charge in [0.05, 0.1) is 0 Å². The number of ether oxygens (including phenoxy) is 1. The molecule has 0 bridgehead atoms. The number of nitrogens with zero attached hydrogens (tertiary/aromatic N) is 1. The van der Waals surface area contributed by atoms with Crippen LogP contribution in [0.3, 0.4) is 0 Å². The van der Waals surface area contributed by atoms with Gasteiger partial charge in [-0.25, -0.2) is 0 Å². The summed E-state index contributed by atoms with van der Waals surface area (Å²) in [6.45, 7) is 2.15. The van der Waals surface area contributed by atoms with E-state index in [-0.39, 0.29) is 0 Å². The van der Waals surface area contributed by atoms with E-state index in [2.05, 4.69) is 11.4 Å². The summed E-state index contributed by atoms with van der Waals surface area (Å²) in [5.41, 5.74) is 2.23. The van der Waals surface area contributed by atoms with E-state index in [0.29, 0.717) is 12.6 Å². The van der Waals surface area contributed by atoms with Crippen molar-refractivity contribution in [3.8, 4) is 0 Å². The van der Waals surface area contributed by atoms with Crippen molar-refractivity contribution in [1.82, 2.24) is 10.2 Å². The number of rotatable bonds is 11. The van der Waals surface area contributed by atoms with Crippen LogP contribution in [0.15, 0.2) is 17.0 Å². The van der Waals surface area contributed by atoms with Crippen LogP contribution >= 0.6 is 23.4 Å². The van der Waals surface area contributed by atoms with Crippen molar-refractivity contribution in [2.24, 2.45) is 0 Å². The number of thioether (sulfide) groups is 1. The number of hydrogen-bond donors (Lipinski definition) is 1. The zero-order chi connectivity index (χ0) is 16.7. The van der Waals surface area contributed by atoms with Crippen LogP contribution in [0.2, 0.25) is 5.02 Å². The molecule has 4 nitrogen and oxygen atoms in total. The summed E-state index contributed by atoms with van der Waals surface area (Å²) in [5.74, 6) is 0.990. The first kappa shape index (κ1) is 18.6. The van der Waals surface area contributed by atoms with Gasteiger partial charge in [0, 0.05) is 48.5 Å². The van der Waals surface area contributed by atoms with E-state index in [1.54, 1.807) is 18.9 Å². The Balaban J connectivity index is 2.12. The van der Waals surface area contributed by atoms with Crippen LogP contribution in [-0.4, -0.2) is 43.9 Å². The molecule has 1 aliphatic carbocycles. The largest absolute Gasteiger partial charge is 0.385 e. The lowest BCUT2D eigenvalue weighted by Gasteiger charge is -2.19. The second-order valence-corrected chi connectivity index (χ2v) is 7.33. The van der Waals surface area contributed by atoms with Crippen molar-refractivity contribution < 1.29 is 9.53 Å². The average molecular weight is 357 g/mol. The van der Waals surface area contributed by atoms with Crippen LogP contribution in [0.5, 0.6) is 0 Å². The van der Waals surface area contributed by atoms with Crippen molar-refractivity contribution in [3.05, 3.63) is 28.3 Å². The molecule has 0 atom stereocenters. The summed E-state index contributed by atoms with van der Waals surface area (Å²) in [5, 5.41) is 3.95. The number of methoxy groups -OCH3 is 1. The zero-order valence-corrected chi connectivity index (χ0v) is 15.4. The van der Waals surface area contributed by atoms with E-state index in [4.69, 9.17) is 16.3 Å². The second kappa shape index (κ2) is 9.52. The zero-order valence-electron chi connectivity index (χ0n) is 13.8. The maximum absolute atomic E-state index is 11.2. The topological polar surface area (TPSA) is 41.6 Å². The third-order valence-corrected chi connectivity index (χ3v) is 5.34. The van der Waals surface area contributed by atoms with Gasteiger partial charge in [-0.05, 0) is 49.6 Å². The minimum absolute atomic E-state index is 0.418. The number of benzene rings is 1. The van der Waals surface area contributed by atoms with Gasteiger partial charge in [-0.15, -0.1) is 11.8 Å². The van der Waals surface area contributed by atoms with Crippen LogP contribution in [0.4, 0.5) is 0 Å². The van der Waals surface area contributed by atoms with Crippen LogP contribution in [0.25, 0.3) is 0 Å². The Kier molecular flexibility index (Phi) is 7.70. The molecular weight excluding hydrogens is 332 g/mol. The van der Waals surface area contributed by atoms with Gasteiger partial charge < -0.3 is 15.0 Å². The fraction of sp³-hybridized carbons (Fsp3) is 0.588. The molecule has 0 aromatic heterocycles. The van der Waals surface area contributed by atoms with E-state index in [9.17, 15) is 4.79 Å². The highest BCUT2D eigenvalue weighted by atomic mass is 35.5. The smallest absolute Gasteiger partial charge is 0.210 e. The molecule has 1 fully saturated rings. The van der Waals surface area contributed by atoms with E-state index in [1.165, 1.54) is 4.90 Å². The van der Waals surface area contributed by atoms with E-state index in [0.717, 1.165) is 60.7 Å². The molecule has 6 heteroatoms. The molecule has 2 rings (SSSR count). The molecule has 0 radical (unpaired) electrons. The molecule has 0 spiro atoms. The van der Waals surface area contributed by atoms with Crippen molar-refractivity contribution in [2.75, 3.05) is 26.5 Å². The molecule has 1 saturated carbocycles. The van der Waals surface area contributed by atoms with E-state index >= 15 is 0 Å². The molecule has 0 unspecified atom stereocenters. The second-order valence-electron chi connectivity index (χ2n) is 5.79. The predicted molar refractivity (Wildman–Crippen MR) is 96.1 cm³/mol. The van der Waals surface area contributed by atoms with Gasteiger partial charge in [-0.2, -0.15) is 0 Å².